The predicted octanol–water partition coefficient (Wildman–Crippen LogP) is 15.2. The topological polar surface area (TPSA) is 21.3 Å². The Morgan fingerprint density at radius 3 is 1.60 bits per heavy atom. The SMILES string of the molecule is c1ccc(-c2ccc(N(c3cccc(-c4ccccc4)c3)c3ccc(-c4ccc(-n5c6ccccc6c6ccccc65)cc4)c4oc5ccccc5c34)cc2)cc1. The zero-order valence-corrected chi connectivity index (χ0v) is 31.1. The highest BCUT2D eigenvalue weighted by Crippen LogP contribution is 2.47. The second-order valence-electron chi connectivity index (χ2n) is 14.5. The lowest BCUT2D eigenvalue weighted by molar-refractivity contribution is 0.670. The minimum absolute atomic E-state index is 0.862. The summed E-state index contributed by atoms with van der Waals surface area (Å²) in [6, 6.07) is 78.0. The highest BCUT2D eigenvalue weighted by atomic mass is 16.3. The normalized spacial score (nSPS) is 11.5. The smallest absolute Gasteiger partial charge is 0.145 e. The first-order valence-corrected chi connectivity index (χ1v) is 19.4. The van der Waals surface area contributed by atoms with Gasteiger partial charge in [0.25, 0.3) is 0 Å². The molecule has 0 N–H and O–H groups in total. The average molecular weight is 729 g/mol. The summed E-state index contributed by atoms with van der Waals surface area (Å²) in [7, 11) is 0. The van der Waals surface area contributed by atoms with E-state index in [2.05, 4.69) is 222 Å². The number of nitrogens with zero attached hydrogens (tertiary/aromatic N) is 2. The van der Waals surface area contributed by atoms with E-state index in [0.717, 1.165) is 61.4 Å². The maximum Gasteiger partial charge on any atom is 0.145 e. The van der Waals surface area contributed by atoms with E-state index in [1.807, 2.05) is 6.07 Å². The van der Waals surface area contributed by atoms with Crippen LogP contribution in [0.5, 0.6) is 0 Å². The van der Waals surface area contributed by atoms with Crippen LogP contribution in [-0.2, 0) is 0 Å². The number of benzene rings is 9. The molecule has 0 aliphatic heterocycles. The zero-order valence-electron chi connectivity index (χ0n) is 31.1. The van der Waals surface area contributed by atoms with Crippen molar-refractivity contribution in [3.8, 4) is 39.1 Å². The minimum Gasteiger partial charge on any atom is -0.455 e. The fourth-order valence-corrected chi connectivity index (χ4v) is 8.53. The lowest BCUT2D eigenvalue weighted by atomic mass is 9.98. The Hall–Kier alpha value is -7.62. The molecule has 268 valence electrons. The van der Waals surface area contributed by atoms with Crippen LogP contribution in [0.4, 0.5) is 17.1 Å². The molecular formula is C54H36N2O. The van der Waals surface area contributed by atoms with Gasteiger partial charge in [0.05, 0.1) is 22.1 Å². The summed E-state index contributed by atoms with van der Waals surface area (Å²) in [5.41, 5.74) is 15.3. The molecule has 0 spiro atoms. The molecule has 0 amide bonds. The van der Waals surface area contributed by atoms with Crippen LogP contribution in [0, 0.1) is 0 Å². The Kier molecular flexibility index (Phi) is 7.82. The summed E-state index contributed by atoms with van der Waals surface area (Å²) in [5.74, 6) is 0. The Morgan fingerprint density at radius 1 is 0.368 bits per heavy atom. The highest BCUT2D eigenvalue weighted by Gasteiger charge is 2.23. The van der Waals surface area contributed by atoms with Crippen molar-refractivity contribution < 1.29 is 4.42 Å². The van der Waals surface area contributed by atoms with Crippen molar-refractivity contribution in [2.45, 2.75) is 0 Å². The van der Waals surface area contributed by atoms with Crippen molar-refractivity contribution in [2.75, 3.05) is 4.90 Å². The summed E-state index contributed by atoms with van der Waals surface area (Å²) in [4.78, 5) is 2.38. The molecule has 0 bridgehead atoms. The van der Waals surface area contributed by atoms with E-state index in [1.165, 1.54) is 38.5 Å². The molecule has 3 nitrogen and oxygen atoms in total. The van der Waals surface area contributed by atoms with Crippen molar-refractivity contribution in [3.05, 3.63) is 218 Å². The molecule has 11 aromatic rings. The van der Waals surface area contributed by atoms with Crippen molar-refractivity contribution in [1.29, 1.82) is 0 Å². The van der Waals surface area contributed by atoms with Crippen molar-refractivity contribution >= 4 is 60.8 Å². The van der Waals surface area contributed by atoms with Gasteiger partial charge in [-0.25, -0.2) is 0 Å². The maximum atomic E-state index is 6.86. The Bertz CT molecular complexity index is 3160. The zero-order chi connectivity index (χ0) is 37.7. The van der Waals surface area contributed by atoms with Gasteiger partial charge in [0.15, 0.2) is 0 Å². The van der Waals surface area contributed by atoms with Gasteiger partial charge in [-0.1, -0.05) is 152 Å². The van der Waals surface area contributed by atoms with Crippen LogP contribution in [0.3, 0.4) is 0 Å². The molecule has 0 saturated carbocycles. The summed E-state index contributed by atoms with van der Waals surface area (Å²) in [5, 5.41) is 4.67. The maximum absolute atomic E-state index is 6.86. The van der Waals surface area contributed by atoms with Crippen LogP contribution >= 0.6 is 0 Å². The summed E-state index contributed by atoms with van der Waals surface area (Å²) < 4.78 is 9.22. The Morgan fingerprint density at radius 2 is 0.912 bits per heavy atom. The Balaban J connectivity index is 1.09. The third-order valence-corrected chi connectivity index (χ3v) is 11.2. The van der Waals surface area contributed by atoms with E-state index in [9.17, 15) is 0 Å². The molecule has 0 saturated heterocycles. The van der Waals surface area contributed by atoms with Gasteiger partial charge in [0, 0.05) is 38.8 Å². The summed E-state index contributed by atoms with van der Waals surface area (Å²) >= 11 is 0. The Labute approximate surface area is 330 Å². The monoisotopic (exact) mass is 728 g/mol. The van der Waals surface area contributed by atoms with E-state index in [0.29, 0.717) is 0 Å². The van der Waals surface area contributed by atoms with E-state index in [-0.39, 0.29) is 0 Å². The van der Waals surface area contributed by atoms with Crippen molar-refractivity contribution in [2.24, 2.45) is 0 Å². The first-order chi connectivity index (χ1) is 28.3. The standard InChI is InChI=1S/C54H36N2O/c1-3-14-37(15-4-1)39-26-30-42(31-27-39)55(44-19-13-18-41(36-44)38-16-5-2-6-17-38)51-35-34-45(54-53(51)48-22-9-12-25-52(48)57-54)40-28-32-43(33-29-40)56-49-23-10-7-20-46(49)47-21-8-11-24-50(47)56/h1-36H. The van der Waals surface area contributed by atoms with Crippen LogP contribution in [0.1, 0.15) is 0 Å². The molecule has 0 radical (unpaired) electrons. The number of fused-ring (bicyclic) bond motifs is 6. The lowest BCUT2D eigenvalue weighted by Gasteiger charge is -2.27. The van der Waals surface area contributed by atoms with Gasteiger partial charge in [-0.3, -0.25) is 0 Å². The molecule has 2 heterocycles. The van der Waals surface area contributed by atoms with Gasteiger partial charge in [0.2, 0.25) is 0 Å². The first-order valence-electron chi connectivity index (χ1n) is 19.4. The van der Waals surface area contributed by atoms with E-state index in [1.54, 1.807) is 0 Å². The van der Waals surface area contributed by atoms with Gasteiger partial charge >= 0.3 is 0 Å². The average Bonchev–Trinajstić information content (AvgIpc) is 3.85. The van der Waals surface area contributed by atoms with Gasteiger partial charge in [-0.2, -0.15) is 0 Å². The van der Waals surface area contributed by atoms with Crippen molar-refractivity contribution in [3.63, 3.8) is 0 Å². The summed E-state index contributed by atoms with van der Waals surface area (Å²) in [6.07, 6.45) is 0. The predicted molar refractivity (Wildman–Crippen MR) is 239 cm³/mol. The van der Waals surface area contributed by atoms with E-state index >= 15 is 0 Å². The molecule has 0 unspecified atom stereocenters. The molecule has 11 rings (SSSR count). The molecule has 0 aliphatic rings. The summed E-state index contributed by atoms with van der Waals surface area (Å²) in [6.45, 7) is 0. The van der Waals surface area contributed by atoms with Crippen LogP contribution in [0.25, 0.3) is 82.8 Å². The molecule has 57 heavy (non-hydrogen) atoms. The van der Waals surface area contributed by atoms with Crippen molar-refractivity contribution in [1.82, 2.24) is 4.57 Å². The number of anilines is 3. The van der Waals surface area contributed by atoms with Gasteiger partial charge in [0.1, 0.15) is 11.2 Å². The number of aromatic nitrogens is 1. The molecule has 3 heteroatoms. The largest absolute Gasteiger partial charge is 0.455 e. The molecule has 9 aromatic carbocycles. The molecular weight excluding hydrogens is 693 g/mol. The molecule has 0 atom stereocenters. The van der Waals surface area contributed by atoms with Crippen LogP contribution in [-0.4, -0.2) is 4.57 Å². The van der Waals surface area contributed by atoms with Gasteiger partial charge in [-0.05, 0) is 94.5 Å². The number of furan rings is 1. The first kappa shape index (κ1) is 32.8. The number of rotatable bonds is 7. The van der Waals surface area contributed by atoms with Gasteiger partial charge in [-0.15, -0.1) is 0 Å². The van der Waals surface area contributed by atoms with E-state index in [4.69, 9.17) is 4.42 Å². The fraction of sp³-hybridized carbons (Fsp3) is 0. The van der Waals surface area contributed by atoms with E-state index < -0.39 is 0 Å². The molecule has 0 aliphatic carbocycles. The third-order valence-electron chi connectivity index (χ3n) is 11.2. The van der Waals surface area contributed by atoms with Crippen LogP contribution in [0.2, 0.25) is 0 Å². The van der Waals surface area contributed by atoms with Crippen LogP contribution < -0.4 is 4.90 Å². The second kappa shape index (κ2) is 13.6. The number of para-hydroxylation sites is 3. The second-order valence-corrected chi connectivity index (χ2v) is 14.5. The molecule has 0 fully saturated rings. The lowest BCUT2D eigenvalue weighted by Crippen LogP contribution is -2.10. The third kappa shape index (κ3) is 5.60. The van der Waals surface area contributed by atoms with Crippen LogP contribution in [0.15, 0.2) is 223 Å². The van der Waals surface area contributed by atoms with Gasteiger partial charge < -0.3 is 13.9 Å². The number of hydrogen-bond acceptors (Lipinski definition) is 2. The highest BCUT2D eigenvalue weighted by molar-refractivity contribution is 6.17. The molecule has 2 aromatic heterocycles. The quantitative estimate of drug-likeness (QED) is 0.163. The minimum atomic E-state index is 0.862. The fourth-order valence-electron chi connectivity index (χ4n) is 8.53. The number of hydrogen-bond donors (Lipinski definition) is 0.